The van der Waals surface area contributed by atoms with Crippen molar-refractivity contribution in [2.75, 3.05) is 11.9 Å². The van der Waals surface area contributed by atoms with Crippen LogP contribution < -0.4 is 5.32 Å². The monoisotopic (exact) mass is 195 g/mol. The van der Waals surface area contributed by atoms with Gasteiger partial charge in [-0.1, -0.05) is 0 Å². The molecule has 3 heteroatoms. The summed E-state index contributed by atoms with van der Waals surface area (Å²) in [5, 5.41) is 3.33. The van der Waals surface area contributed by atoms with E-state index in [9.17, 15) is 4.39 Å². The first-order valence-electron chi connectivity index (χ1n) is 4.89. The van der Waals surface area contributed by atoms with Crippen molar-refractivity contribution >= 4 is 5.69 Å². The van der Waals surface area contributed by atoms with E-state index < -0.39 is 0 Å². The van der Waals surface area contributed by atoms with Crippen LogP contribution in [0.5, 0.6) is 0 Å². The van der Waals surface area contributed by atoms with Gasteiger partial charge in [-0.2, -0.15) is 0 Å². The molecule has 1 aromatic rings. The molecular formula is C11H14FNO. The molecule has 0 bridgehead atoms. The molecule has 1 aromatic carbocycles. The van der Waals surface area contributed by atoms with Crippen molar-refractivity contribution in [3.8, 4) is 0 Å². The highest BCUT2D eigenvalue weighted by Crippen LogP contribution is 2.18. The Kier molecular flexibility index (Phi) is 2.68. The Hall–Kier alpha value is -1.09. The molecule has 0 aliphatic carbocycles. The van der Waals surface area contributed by atoms with Crippen molar-refractivity contribution in [2.45, 2.75) is 25.5 Å². The van der Waals surface area contributed by atoms with Gasteiger partial charge in [-0.05, 0) is 37.6 Å². The number of hydrogen-bond acceptors (Lipinski definition) is 2. The Bertz CT molecular complexity index is 299. The zero-order chi connectivity index (χ0) is 9.97. The van der Waals surface area contributed by atoms with Crippen molar-refractivity contribution in [3.05, 3.63) is 30.1 Å². The smallest absolute Gasteiger partial charge is 0.123 e. The summed E-state index contributed by atoms with van der Waals surface area (Å²) in [5.74, 6) is -0.203. The van der Waals surface area contributed by atoms with Gasteiger partial charge in [0.1, 0.15) is 5.82 Å². The molecule has 1 N–H and O–H groups in total. The lowest BCUT2D eigenvalue weighted by atomic mass is 10.1. The first-order chi connectivity index (χ1) is 6.75. The standard InChI is InChI=1S/C11H14FNO/c1-8-11(6-7-14-8)13-10-4-2-9(12)3-5-10/h2-5,8,11,13H,6-7H2,1H3/t8-,11-/m0/s1. The van der Waals surface area contributed by atoms with Crippen molar-refractivity contribution in [1.82, 2.24) is 0 Å². The Morgan fingerprint density at radius 3 is 2.64 bits per heavy atom. The fourth-order valence-corrected chi connectivity index (χ4v) is 1.68. The van der Waals surface area contributed by atoms with Gasteiger partial charge in [-0.3, -0.25) is 0 Å². The summed E-state index contributed by atoms with van der Waals surface area (Å²) in [6.45, 7) is 2.86. The third-order valence-corrected chi connectivity index (χ3v) is 2.57. The van der Waals surface area contributed by atoms with Crippen molar-refractivity contribution in [3.63, 3.8) is 0 Å². The highest BCUT2D eigenvalue weighted by atomic mass is 19.1. The van der Waals surface area contributed by atoms with E-state index in [2.05, 4.69) is 5.32 Å². The van der Waals surface area contributed by atoms with E-state index in [-0.39, 0.29) is 11.9 Å². The van der Waals surface area contributed by atoms with Crippen molar-refractivity contribution in [2.24, 2.45) is 0 Å². The lowest BCUT2D eigenvalue weighted by Crippen LogP contribution is -2.26. The molecule has 1 aliphatic rings. The number of benzene rings is 1. The number of ether oxygens (including phenoxy) is 1. The van der Waals surface area contributed by atoms with Gasteiger partial charge in [0.05, 0.1) is 12.1 Å². The van der Waals surface area contributed by atoms with Crippen LogP contribution in [0.4, 0.5) is 10.1 Å². The van der Waals surface area contributed by atoms with Crippen LogP contribution >= 0.6 is 0 Å². The molecule has 1 aliphatic heterocycles. The predicted molar refractivity (Wildman–Crippen MR) is 53.8 cm³/mol. The molecule has 1 saturated heterocycles. The fourth-order valence-electron chi connectivity index (χ4n) is 1.68. The largest absolute Gasteiger partial charge is 0.380 e. The van der Waals surface area contributed by atoms with Crippen LogP contribution in [0, 0.1) is 5.82 Å². The molecule has 2 rings (SSSR count). The molecule has 2 nitrogen and oxygen atoms in total. The van der Waals surface area contributed by atoms with Crippen molar-refractivity contribution in [1.29, 1.82) is 0 Å². The van der Waals surface area contributed by atoms with Crippen LogP contribution in [0.2, 0.25) is 0 Å². The molecule has 14 heavy (non-hydrogen) atoms. The minimum Gasteiger partial charge on any atom is -0.380 e. The lowest BCUT2D eigenvalue weighted by molar-refractivity contribution is 0.121. The van der Waals surface area contributed by atoms with E-state index in [1.165, 1.54) is 12.1 Å². The van der Waals surface area contributed by atoms with Gasteiger partial charge in [-0.15, -0.1) is 0 Å². The van der Waals surface area contributed by atoms with Crippen LogP contribution in [0.3, 0.4) is 0 Å². The zero-order valence-corrected chi connectivity index (χ0v) is 8.16. The van der Waals surface area contributed by atoms with Gasteiger partial charge >= 0.3 is 0 Å². The van der Waals surface area contributed by atoms with Gasteiger partial charge in [0.25, 0.3) is 0 Å². The Morgan fingerprint density at radius 1 is 1.36 bits per heavy atom. The minimum absolute atomic E-state index is 0.203. The SMILES string of the molecule is C[C@@H]1OCC[C@@H]1Nc1ccc(F)cc1. The Morgan fingerprint density at radius 2 is 2.07 bits per heavy atom. The van der Waals surface area contributed by atoms with Gasteiger partial charge in [0, 0.05) is 12.3 Å². The van der Waals surface area contributed by atoms with Gasteiger partial charge in [-0.25, -0.2) is 4.39 Å². The Labute approximate surface area is 83.1 Å². The molecule has 2 atom stereocenters. The van der Waals surface area contributed by atoms with Gasteiger partial charge in [0.15, 0.2) is 0 Å². The summed E-state index contributed by atoms with van der Waals surface area (Å²) in [6, 6.07) is 6.77. The van der Waals surface area contributed by atoms with Crippen LogP contribution in [0.1, 0.15) is 13.3 Å². The maximum absolute atomic E-state index is 12.6. The lowest BCUT2D eigenvalue weighted by Gasteiger charge is -2.17. The Balaban J connectivity index is 2.00. The van der Waals surface area contributed by atoms with E-state index >= 15 is 0 Å². The van der Waals surface area contributed by atoms with E-state index in [0.717, 1.165) is 18.7 Å². The van der Waals surface area contributed by atoms with Crippen LogP contribution in [0.25, 0.3) is 0 Å². The molecule has 0 aromatic heterocycles. The first kappa shape index (κ1) is 9.46. The fraction of sp³-hybridized carbons (Fsp3) is 0.455. The highest BCUT2D eigenvalue weighted by molar-refractivity contribution is 5.44. The summed E-state index contributed by atoms with van der Waals surface area (Å²) >= 11 is 0. The average molecular weight is 195 g/mol. The van der Waals surface area contributed by atoms with Crippen molar-refractivity contribution < 1.29 is 9.13 Å². The third-order valence-electron chi connectivity index (χ3n) is 2.57. The quantitative estimate of drug-likeness (QED) is 0.782. The number of anilines is 1. The van der Waals surface area contributed by atoms with Crippen LogP contribution in [0.15, 0.2) is 24.3 Å². The average Bonchev–Trinajstić information content (AvgIpc) is 2.56. The molecular weight excluding hydrogens is 181 g/mol. The molecule has 76 valence electrons. The molecule has 0 amide bonds. The number of rotatable bonds is 2. The summed E-state index contributed by atoms with van der Waals surface area (Å²) in [5.41, 5.74) is 0.953. The zero-order valence-electron chi connectivity index (χ0n) is 8.16. The van der Waals surface area contributed by atoms with E-state index in [1.807, 2.05) is 6.92 Å². The molecule has 0 saturated carbocycles. The maximum Gasteiger partial charge on any atom is 0.123 e. The van der Waals surface area contributed by atoms with Gasteiger partial charge < -0.3 is 10.1 Å². The second-order valence-corrected chi connectivity index (χ2v) is 3.62. The summed E-state index contributed by atoms with van der Waals surface area (Å²) in [7, 11) is 0. The predicted octanol–water partition coefficient (Wildman–Crippen LogP) is 2.42. The summed E-state index contributed by atoms with van der Waals surface area (Å²) < 4.78 is 18.0. The molecule has 1 fully saturated rings. The normalized spacial score (nSPS) is 26.4. The topological polar surface area (TPSA) is 21.3 Å². The second kappa shape index (κ2) is 3.96. The molecule has 0 radical (unpaired) electrons. The number of nitrogens with one attached hydrogen (secondary N) is 1. The number of hydrogen-bond donors (Lipinski definition) is 1. The minimum atomic E-state index is -0.203. The van der Waals surface area contributed by atoms with Crippen LogP contribution in [-0.4, -0.2) is 18.8 Å². The van der Waals surface area contributed by atoms with Crippen LogP contribution in [-0.2, 0) is 4.74 Å². The third kappa shape index (κ3) is 2.04. The summed E-state index contributed by atoms with van der Waals surface area (Å²) in [4.78, 5) is 0. The second-order valence-electron chi connectivity index (χ2n) is 3.62. The molecule has 0 spiro atoms. The molecule has 0 unspecified atom stereocenters. The van der Waals surface area contributed by atoms with E-state index in [1.54, 1.807) is 12.1 Å². The van der Waals surface area contributed by atoms with Gasteiger partial charge in [0.2, 0.25) is 0 Å². The van der Waals surface area contributed by atoms with E-state index in [0.29, 0.717) is 6.04 Å². The maximum atomic E-state index is 12.6. The highest BCUT2D eigenvalue weighted by Gasteiger charge is 2.23. The van der Waals surface area contributed by atoms with E-state index in [4.69, 9.17) is 4.74 Å². The molecule has 1 heterocycles. The first-order valence-corrected chi connectivity index (χ1v) is 4.89. The number of halogens is 1. The summed E-state index contributed by atoms with van der Waals surface area (Å²) in [6.07, 6.45) is 1.25.